The monoisotopic (exact) mass is 380 g/mol. The summed E-state index contributed by atoms with van der Waals surface area (Å²) in [6.45, 7) is 13.1. The van der Waals surface area contributed by atoms with E-state index >= 15 is 0 Å². The predicted molar refractivity (Wildman–Crippen MR) is 127 cm³/mol. The van der Waals surface area contributed by atoms with Crippen molar-refractivity contribution in [1.82, 2.24) is 0 Å². The summed E-state index contributed by atoms with van der Waals surface area (Å²) < 4.78 is 0. The van der Waals surface area contributed by atoms with Crippen LogP contribution in [0.5, 0.6) is 0 Å². The summed E-state index contributed by atoms with van der Waals surface area (Å²) >= 11 is 0. The minimum atomic E-state index is 0.503. The molecule has 0 radical (unpaired) electrons. The quantitative estimate of drug-likeness (QED) is 0.504. The second-order valence-electron chi connectivity index (χ2n) is 9.07. The molecule has 0 spiro atoms. The largest absolute Gasteiger partial charge is 0.0955 e. The SMILES string of the molecule is C=C(C)c1ccc(C2CC(C3=C(C)C=C(C)CC3C)=Cc3ccccc3C2)cc1. The number of hydrogen-bond donors (Lipinski definition) is 0. The molecule has 2 aromatic carbocycles. The Kier molecular flexibility index (Phi) is 5.46. The molecule has 2 atom stereocenters. The summed E-state index contributed by atoms with van der Waals surface area (Å²) in [6.07, 6.45) is 8.23. The third kappa shape index (κ3) is 4.08. The van der Waals surface area contributed by atoms with Gasteiger partial charge in [-0.25, -0.2) is 0 Å². The van der Waals surface area contributed by atoms with Gasteiger partial charge < -0.3 is 0 Å². The van der Waals surface area contributed by atoms with Crippen LogP contribution < -0.4 is 0 Å². The normalized spacial score (nSPS) is 21.8. The van der Waals surface area contributed by atoms with Crippen molar-refractivity contribution in [3.63, 3.8) is 0 Å². The molecule has 0 fully saturated rings. The van der Waals surface area contributed by atoms with Gasteiger partial charge in [-0.05, 0) is 90.8 Å². The van der Waals surface area contributed by atoms with E-state index in [0.717, 1.165) is 18.4 Å². The minimum Gasteiger partial charge on any atom is -0.0955 e. The van der Waals surface area contributed by atoms with Crippen LogP contribution in [0.15, 0.2) is 83.5 Å². The third-order valence-electron chi connectivity index (χ3n) is 6.55. The van der Waals surface area contributed by atoms with Gasteiger partial charge in [0, 0.05) is 0 Å². The van der Waals surface area contributed by atoms with Crippen molar-refractivity contribution in [2.24, 2.45) is 5.92 Å². The van der Waals surface area contributed by atoms with Crippen molar-refractivity contribution >= 4 is 11.6 Å². The van der Waals surface area contributed by atoms with Crippen molar-refractivity contribution in [2.45, 2.75) is 52.9 Å². The van der Waals surface area contributed by atoms with Crippen LogP contribution in [0, 0.1) is 5.92 Å². The summed E-state index contributed by atoms with van der Waals surface area (Å²) in [5, 5.41) is 0. The van der Waals surface area contributed by atoms with E-state index in [1.54, 1.807) is 5.57 Å². The summed E-state index contributed by atoms with van der Waals surface area (Å²) in [5.74, 6) is 1.09. The number of rotatable bonds is 3. The lowest BCUT2D eigenvalue weighted by Crippen LogP contribution is -2.12. The molecular formula is C29H32. The number of benzene rings is 2. The zero-order chi connectivity index (χ0) is 20.5. The Hall–Kier alpha value is -2.60. The Balaban J connectivity index is 1.78. The smallest absolute Gasteiger partial charge is 0.00807 e. The first kappa shape index (κ1) is 19.7. The fraction of sp³-hybridized carbons (Fsp3) is 0.310. The van der Waals surface area contributed by atoms with Gasteiger partial charge in [0.05, 0.1) is 0 Å². The molecule has 0 aliphatic heterocycles. The van der Waals surface area contributed by atoms with E-state index in [0.29, 0.717) is 11.8 Å². The lowest BCUT2D eigenvalue weighted by atomic mass is 9.77. The highest BCUT2D eigenvalue weighted by atomic mass is 14.3. The molecule has 0 amide bonds. The second kappa shape index (κ2) is 8.03. The Morgan fingerprint density at radius 2 is 1.62 bits per heavy atom. The van der Waals surface area contributed by atoms with E-state index in [9.17, 15) is 0 Å². The maximum atomic E-state index is 4.09. The highest BCUT2D eigenvalue weighted by molar-refractivity contribution is 5.66. The molecule has 2 aliphatic rings. The highest BCUT2D eigenvalue weighted by Crippen LogP contribution is 2.42. The van der Waals surface area contributed by atoms with Gasteiger partial charge in [-0.15, -0.1) is 0 Å². The maximum absolute atomic E-state index is 4.09. The molecule has 0 N–H and O–H groups in total. The second-order valence-corrected chi connectivity index (χ2v) is 9.07. The summed E-state index contributed by atoms with van der Waals surface area (Å²) in [7, 11) is 0. The topological polar surface area (TPSA) is 0 Å². The zero-order valence-electron chi connectivity index (χ0n) is 18.3. The van der Waals surface area contributed by atoms with E-state index in [1.165, 1.54) is 45.4 Å². The Morgan fingerprint density at radius 3 is 2.31 bits per heavy atom. The van der Waals surface area contributed by atoms with E-state index in [1.807, 2.05) is 0 Å². The molecule has 0 nitrogen and oxygen atoms in total. The lowest BCUT2D eigenvalue weighted by Gasteiger charge is -2.27. The average molecular weight is 381 g/mol. The summed E-state index contributed by atoms with van der Waals surface area (Å²) in [4.78, 5) is 0. The van der Waals surface area contributed by atoms with Crippen LogP contribution in [0.1, 0.15) is 68.7 Å². The maximum Gasteiger partial charge on any atom is -0.00807 e. The molecule has 0 saturated carbocycles. The molecule has 29 heavy (non-hydrogen) atoms. The van der Waals surface area contributed by atoms with Crippen LogP contribution in [0.2, 0.25) is 0 Å². The molecule has 2 aromatic rings. The Bertz CT molecular complexity index is 1020. The molecule has 4 rings (SSSR count). The Labute approximate surface area is 176 Å². The van der Waals surface area contributed by atoms with E-state index in [-0.39, 0.29) is 0 Å². The first-order chi connectivity index (χ1) is 13.9. The van der Waals surface area contributed by atoms with Gasteiger partial charge in [0.2, 0.25) is 0 Å². The first-order valence-corrected chi connectivity index (χ1v) is 10.8. The molecule has 2 unspecified atom stereocenters. The molecule has 0 bridgehead atoms. The standard InChI is InChI=1S/C29H32/c1-19(2)23-10-12-24(13-11-23)27-16-25-8-6-7-9-26(25)17-28(18-27)29-21(4)14-20(3)15-22(29)5/h6-14,17,22,27H,1,15-16,18H2,2-5H3. The number of hydrogen-bond acceptors (Lipinski definition) is 0. The van der Waals surface area contributed by atoms with Gasteiger partial charge in [-0.1, -0.05) is 85.3 Å². The minimum absolute atomic E-state index is 0.503. The van der Waals surface area contributed by atoms with Crippen LogP contribution in [-0.2, 0) is 6.42 Å². The van der Waals surface area contributed by atoms with E-state index < -0.39 is 0 Å². The predicted octanol–water partition coefficient (Wildman–Crippen LogP) is 8.14. The molecule has 148 valence electrons. The van der Waals surface area contributed by atoms with Crippen molar-refractivity contribution in [1.29, 1.82) is 0 Å². The molecular weight excluding hydrogens is 348 g/mol. The van der Waals surface area contributed by atoms with Crippen molar-refractivity contribution < 1.29 is 0 Å². The van der Waals surface area contributed by atoms with Crippen LogP contribution in [-0.4, -0.2) is 0 Å². The van der Waals surface area contributed by atoms with Gasteiger partial charge in [0.1, 0.15) is 0 Å². The Morgan fingerprint density at radius 1 is 0.897 bits per heavy atom. The van der Waals surface area contributed by atoms with Gasteiger partial charge >= 0.3 is 0 Å². The first-order valence-electron chi connectivity index (χ1n) is 10.8. The summed E-state index contributed by atoms with van der Waals surface area (Å²) in [6, 6.07) is 18.0. The molecule has 2 aliphatic carbocycles. The molecule has 0 saturated heterocycles. The van der Waals surface area contributed by atoms with Crippen LogP contribution >= 0.6 is 0 Å². The van der Waals surface area contributed by atoms with Crippen molar-refractivity contribution in [2.75, 3.05) is 0 Å². The van der Waals surface area contributed by atoms with Crippen LogP contribution in [0.4, 0.5) is 0 Å². The van der Waals surface area contributed by atoms with Crippen molar-refractivity contribution in [3.05, 3.63) is 106 Å². The summed E-state index contributed by atoms with van der Waals surface area (Å²) in [5.41, 5.74) is 12.7. The number of fused-ring (bicyclic) bond motifs is 1. The average Bonchev–Trinajstić information content (AvgIpc) is 2.87. The van der Waals surface area contributed by atoms with Crippen LogP contribution in [0.3, 0.4) is 0 Å². The van der Waals surface area contributed by atoms with Gasteiger partial charge in [0.25, 0.3) is 0 Å². The van der Waals surface area contributed by atoms with E-state index in [4.69, 9.17) is 0 Å². The van der Waals surface area contributed by atoms with Gasteiger partial charge in [-0.2, -0.15) is 0 Å². The number of allylic oxidation sites excluding steroid dienone is 6. The fourth-order valence-corrected chi connectivity index (χ4v) is 5.22. The lowest BCUT2D eigenvalue weighted by molar-refractivity contribution is 0.628. The highest BCUT2D eigenvalue weighted by Gasteiger charge is 2.26. The van der Waals surface area contributed by atoms with Crippen LogP contribution in [0.25, 0.3) is 11.6 Å². The fourth-order valence-electron chi connectivity index (χ4n) is 5.22. The van der Waals surface area contributed by atoms with Crippen molar-refractivity contribution in [3.8, 4) is 0 Å². The molecule has 0 heteroatoms. The molecule has 0 aromatic heterocycles. The zero-order valence-corrected chi connectivity index (χ0v) is 18.3. The van der Waals surface area contributed by atoms with Gasteiger partial charge in [-0.3, -0.25) is 0 Å². The molecule has 0 heterocycles. The third-order valence-corrected chi connectivity index (χ3v) is 6.55. The van der Waals surface area contributed by atoms with Gasteiger partial charge in [0.15, 0.2) is 0 Å². The van der Waals surface area contributed by atoms with E-state index in [2.05, 4.69) is 95.0 Å².